The molecule has 4 heteroatoms. The van der Waals surface area contributed by atoms with Crippen LogP contribution in [-0.2, 0) is 0 Å². The molecule has 0 radical (unpaired) electrons. The first-order valence-corrected chi connectivity index (χ1v) is 6.39. The van der Waals surface area contributed by atoms with Crippen molar-refractivity contribution in [2.24, 2.45) is 5.73 Å². The van der Waals surface area contributed by atoms with Crippen LogP contribution >= 0.6 is 0 Å². The standard InChI is InChI=1S/C14H18N4/c1-10-13(11-5-3-2-4-6-11)14-16-8-7-12(9-15)18(14)17-10/h2-6,12,16H,7-9,15H2,1H3. The molecule has 1 aromatic heterocycles. The van der Waals surface area contributed by atoms with E-state index in [2.05, 4.69) is 46.3 Å². The molecule has 0 bridgehead atoms. The fourth-order valence-electron chi connectivity index (χ4n) is 2.63. The van der Waals surface area contributed by atoms with Crippen molar-refractivity contribution in [3.8, 4) is 11.1 Å². The summed E-state index contributed by atoms with van der Waals surface area (Å²) in [7, 11) is 0. The maximum atomic E-state index is 5.83. The fourth-order valence-corrected chi connectivity index (χ4v) is 2.63. The summed E-state index contributed by atoms with van der Waals surface area (Å²) in [6.45, 7) is 3.67. The van der Waals surface area contributed by atoms with E-state index in [-0.39, 0.29) is 0 Å². The number of rotatable bonds is 2. The van der Waals surface area contributed by atoms with Crippen LogP contribution in [0.4, 0.5) is 5.82 Å². The predicted octanol–water partition coefficient (Wildman–Crippen LogP) is 2.17. The number of aryl methyl sites for hydroxylation is 1. The molecule has 18 heavy (non-hydrogen) atoms. The quantitative estimate of drug-likeness (QED) is 0.848. The second kappa shape index (κ2) is 4.46. The molecule has 3 rings (SSSR count). The number of aromatic nitrogens is 2. The van der Waals surface area contributed by atoms with Gasteiger partial charge in [0, 0.05) is 18.7 Å². The van der Waals surface area contributed by atoms with Gasteiger partial charge in [-0.3, -0.25) is 0 Å². The number of hydrogen-bond donors (Lipinski definition) is 2. The lowest BCUT2D eigenvalue weighted by molar-refractivity contribution is 0.426. The molecule has 1 aliphatic rings. The Morgan fingerprint density at radius 2 is 2.17 bits per heavy atom. The Morgan fingerprint density at radius 3 is 2.89 bits per heavy atom. The van der Waals surface area contributed by atoms with E-state index >= 15 is 0 Å². The second-order valence-corrected chi connectivity index (χ2v) is 4.72. The molecule has 2 aromatic rings. The third-order valence-electron chi connectivity index (χ3n) is 3.54. The molecule has 1 aromatic carbocycles. The maximum Gasteiger partial charge on any atom is 0.132 e. The predicted molar refractivity (Wildman–Crippen MR) is 73.6 cm³/mol. The van der Waals surface area contributed by atoms with Crippen molar-refractivity contribution >= 4 is 5.82 Å². The van der Waals surface area contributed by atoms with Crippen molar-refractivity contribution in [1.82, 2.24) is 9.78 Å². The zero-order chi connectivity index (χ0) is 12.5. The van der Waals surface area contributed by atoms with Crippen molar-refractivity contribution < 1.29 is 0 Å². The molecule has 0 saturated heterocycles. The molecule has 2 heterocycles. The highest BCUT2D eigenvalue weighted by atomic mass is 15.4. The average Bonchev–Trinajstić information content (AvgIpc) is 2.75. The zero-order valence-electron chi connectivity index (χ0n) is 10.6. The number of nitrogens with one attached hydrogen (secondary N) is 1. The first-order valence-electron chi connectivity index (χ1n) is 6.39. The molecule has 94 valence electrons. The van der Waals surface area contributed by atoms with Crippen molar-refractivity contribution in [1.29, 1.82) is 0 Å². The number of nitrogens with two attached hydrogens (primary N) is 1. The first kappa shape index (κ1) is 11.3. The number of benzene rings is 1. The Bertz CT molecular complexity index is 544. The van der Waals surface area contributed by atoms with Gasteiger partial charge in [0.1, 0.15) is 5.82 Å². The zero-order valence-corrected chi connectivity index (χ0v) is 10.6. The SMILES string of the molecule is Cc1nn2c(c1-c1ccccc1)NCCC2CN. The van der Waals surface area contributed by atoms with E-state index in [9.17, 15) is 0 Å². The Balaban J connectivity index is 2.14. The van der Waals surface area contributed by atoms with Crippen LogP contribution in [0.15, 0.2) is 30.3 Å². The Kier molecular flexibility index (Phi) is 2.80. The van der Waals surface area contributed by atoms with Gasteiger partial charge in [0.2, 0.25) is 0 Å². The van der Waals surface area contributed by atoms with E-state index in [1.165, 1.54) is 11.1 Å². The third-order valence-corrected chi connectivity index (χ3v) is 3.54. The summed E-state index contributed by atoms with van der Waals surface area (Å²) < 4.78 is 2.06. The Hall–Kier alpha value is -1.81. The number of anilines is 1. The first-order chi connectivity index (χ1) is 8.81. The minimum Gasteiger partial charge on any atom is -0.370 e. The molecular weight excluding hydrogens is 224 g/mol. The van der Waals surface area contributed by atoms with E-state index in [1.54, 1.807) is 0 Å². The highest BCUT2D eigenvalue weighted by Gasteiger charge is 2.24. The Morgan fingerprint density at radius 1 is 1.39 bits per heavy atom. The second-order valence-electron chi connectivity index (χ2n) is 4.72. The van der Waals surface area contributed by atoms with Crippen LogP contribution in [-0.4, -0.2) is 22.9 Å². The number of hydrogen-bond acceptors (Lipinski definition) is 3. The van der Waals surface area contributed by atoms with Crippen molar-refractivity contribution in [2.75, 3.05) is 18.4 Å². The molecule has 0 aliphatic carbocycles. The van der Waals surface area contributed by atoms with Gasteiger partial charge in [-0.25, -0.2) is 4.68 Å². The minimum absolute atomic E-state index is 0.317. The highest BCUT2D eigenvalue weighted by Crippen LogP contribution is 2.35. The molecule has 4 nitrogen and oxygen atoms in total. The largest absolute Gasteiger partial charge is 0.370 e. The van der Waals surface area contributed by atoms with Gasteiger partial charge in [0.15, 0.2) is 0 Å². The smallest absolute Gasteiger partial charge is 0.132 e. The summed E-state index contributed by atoms with van der Waals surface area (Å²) >= 11 is 0. The van der Waals surface area contributed by atoms with E-state index in [4.69, 9.17) is 5.73 Å². The van der Waals surface area contributed by atoms with Gasteiger partial charge in [0.25, 0.3) is 0 Å². The third kappa shape index (κ3) is 1.69. The van der Waals surface area contributed by atoms with Crippen molar-refractivity contribution in [3.05, 3.63) is 36.0 Å². The molecule has 0 amide bonds. The van der Waals surface area contributed by atoms with Crippen LogP contribution in [0.1, 0.15) is 18.2 Å². The van der Waals surface area contributed by atoms with Gasteiger partial charge in [0.05, 0.1) is 11.7 Å². The fraction of sp³-hybridized carbons (Fsp3) is 0.357. The summed E-state index contributed by atoms with van der Waals surface area (Å²) in [6.07, 6.45) is 1.04. The molecule has 0 fully saturated rings. The number of fused-ring (bicyclic) bond motifs is 1. The van der Waals surface area contributed by atoms with Gasteiger partial charge in [-0.05, 0) is 18.9 Å². The molecule has 1 atom stereocenters. The molecular formula is C14H18N4. The van der Waals surface area contributed by atoms with Crippen LogP contribution in [0.25, 0.3) is 11.1 Å². The highest BCUT2D eigenvalue weighted by molar-refractivity contribution is 5.78. The maximum absolute atomic E-state index is 5.83. The number of nitrogens with zero attached hydrogens (tertiary/aromatic N) is 2. The van der Waals surface area contributed by atoms with Crippen molar-refractivity contribution in [3.63, 3.8) is 0 Å². The summed E-state index contributed by atoms with van der Waals surface area (Å²) in [5.74, 6) is 1.11. The molecule has 1 unspecified atom stereocenters. The summed E-state index contributed by atoms with van der Waals surface area (Å²) in [4.78, 5) is 0. The van der Waals surface area contributed by atoms with E-state index in [1.807, 2.05) is 6.07 Å². The van der Waals surface area contributed by atoms with Crippen LogP contribution in [0.2, 0.25) is 0 Å². The minimum atomic E-state index is 0.317. The Labute approximate surface area is 107 Å². The normalized spacial score (nSPS) is 18.2. The van der Waals surface area contributed by atoms with Gasteiger partial charge in [-0.15, -0.1) is 0 Å². The molecule has 0 saturated carbocycles. The monoisotopic (exact) mass is 242 g/mol. The van der Waals surface area contributed by atoms with Crippen LogP contribution in [0.3, 0.4) is 0 Å². The summed E-state index contributed by atoms with van der Waals surface area (Å²) in [5.41, 5.74) is 9.30. The summed E-state index contributed by atoms with van der Waals surface area (Å²) in [6, 6.07) is 10.7. The van der Waals surface area contributed by atoms with E-state index < -0.39 is 0 Å². The van der Waals surface area contributed by atoms with Gasteiger partial charge in [-0.2, -0.15) is 5.10 Å². The summed E-state index contributed by atoms with van der Waals surface area (Å²) in [5, 5.41) is 8.11. The lowest BCUT2D eigenvalue weighted by atomic mass is 10.0. The van der Waals surface area contributed by atoms with Gasteiger partial charge < -0.3 is 11.1 Å². The van der Waals surface area contributed by atoms with Gasteiger partial charge in [-0.1, -0.05) is 30.3 Å². The topological polar surface area (TPSA) is 55.9 Å². The lowest BCUT2D eigenvalue weighted by Crippen LogP contribution is -2.29. The van der Waals surface area contributed by atoms with Crippen molar-refractivity contribution in [2.45, 2.75) is 19.4 Å². The van der Waals surface area contributed by atoms with E-state index in [0.29, 0.717) is 12.6 Å². The van der Waals surface area contributed by atoms with Gasteiger partial charge >= 0.3 is 0 Å². The van der Waals surface area contributed by atoms with E-state index in [0.717, 1.165) is 24.5 Å². The molecule has 3 N–H and O–H groups in total. The average molecular weight is 242 g/mol. The van der Waals surface area contributed by atoms with Crippen LogP contribution < -0.4 is 11.1 Å². The molecule has 0 spiro atoms. The van der Waals surface area contributed by atoms with Crippen LogP contribution in [0.5, 0.6) is 0 Å². The molecule has 1 aliphatic heterocycles. The lowest BCUT2D eigenvalue weighted by Gasteiger charge is -2.25. The van der Waals surface area contributed by atoms with Crippen LogP contribution in [0, 0.1) is 6.92 Å².